The summed E-state index contributed by atoms with van der Waals surface area (Å²) in [5.41, 5.74) is 0.208. The number of anilines is 1. The van der Waals surface area contributed by atoms with E-state index in [1.54, 1.807) is 13.0 Å². The summed E-state index contributed by atoms with van der Waals surface area (Å²) in [6, 6.07) is 5.31. The second-order valence-electron chi connectivity index (χ2n) is 4.15. The van der Waals surface area contributed by atoms with Gasteiger partial charge in [0.25, 0.3) is 0 Å². The van der Waals surface area contributed by atoms with Crippen LogP contribution in [0.4, 0.5) is 19.3 Å². The fourth-order valence-electron chi connectivity index (χ4n) is 1.82. The van der Waals surface area contributed by atoms with Crippen LogP contribution in [-0.2, 0) is 4.79 Å². The normalized spacial score (nSPS) is 19.6. The monoisotopic (exact) mass is 270 g/mol. The van der Waals surface area contributed by atoms with E-state index >= 15 is 0 Å². The zero-order valence-electron chi connectivity index (χ0n) is 10.1. The first-order valence-electron chi connectivity index (χ1n) is 5.65. The van der Waals surface area contributed by atoms with Crippen LogP contribution in [0, 0.1) is 5.92 Å². The topological polar surface area (TPSA) is 58.6 Å². The summed E-state index contributed by atoms with van der Waals surface area (Å²) in [5.74, 6) is -0.903. The SMILES string of the molecule is CC1CN(c2ccccc2OC(F)F)C(=O)NC1=O. The van der Waals surface area contributed by atoms with Gasteiger partial charge in [0.05, 0.1) is 11.6 Å². The molecule has 1 aliphatic heterocycles. The largest absolute Gasteiger partial charge is 0.433 e. The molecule has 1 N–H and O–H groups in total. The molecular weight excluding hydrogens is 258 g/mol. The Kier molecular flexibility index (Phi) is 3.64. The number of carbonyl (C=O) groups is 2. The van der Waals surface area contributed by atoms with E-state index < -0.39 is 18.6 Å². The highest BCUT2D eigenvalue weighted by Crippen LogP contribution is 2.31. The van der Waals surface area contributed by atoms with Crippen molar-refractivity contribution in [2.45, 2.75) is 13.5 Å². The predicted octanol–water partition coefficient (Wildman–Crippen LogP) is 1.98. The van der Waals surface area contributed by atoms with Crippen molar-refractivity contribution in [2.24, 2.45) is 5.92 Å². The maximum Gasteiger partial charge on any atom is 0.387 e. The molecule has 102 valence electrons. The Bertz CT molecular complexity index is 508. The number of urea groups is 1. The van der Waals surface area contributed by atoms with Crippen LogP contribution in [-0.4, -0.2) is 25.1 Å². The number of carbonyl (C=O) groups excluding carboxylic acids is 2. The number of para-hydroxylation sites is 2. The van der Waals surface area contributed by atoms with E-state index in [4.69, 9.17) is 0 Å². The molecule has 1 unspecified atom stereocenters. The molecule has 0 saturated carbocycles. The number of amides is 3. The van der Waals surface area contributed by atoms with Gasteiger partial charge in [-0.3, -0.25) is 15.0 Å². The van der Waals surface area contributed by atoms with Gasteiger partial charge in [-0.2, -0.15) is 8.78 Å². The maximum absolute atomic E-state index is 12.3. The van der Waals surface area contributed by atoms with Crippen molar-refractivity contribution in [2.75, 3.05) is 11.4 Å². The van der Waals surface area contributed by atoms with Gasteiger partial charge in [-0.25, -0.2) is 4.79 Å². The van der Waals surface area contributed by atoms with Crippen molar-refractivity contribution in [3.63, 3.8) is 0 Å². The minimum absolute atomic E-state index is 0.103. The molecule has 0 bridgehead atoms. The van der Waals surface area contributed by atoms with E-state index in [2.05, 4.69) is 10.1 Å². The maximum atomic E-state index is 12.3. The number of rotatable bonds is 3. The summed E-state index contributed by atoms with van der Waals surface area (Å²) in [6.07, 6.45) is 0. The molecule has 1 aliphatic rings. The number of halogens is 2. The summed E-state index contributed by atoms with van der Waals surface area (Å²) in [6.45, 7) is -1.22. The van der Waals surface area contributed by atoms with E-state index in [-0.39, 0.29) is 23.9 Å². The third-order valence-electron chi connectivity index (χ3n) is 2.75. The van der Waals surface area contributed by atoms with Gasteiger partial charge in [0.1, 0.15) is 5.75 Å². The number of nitrogens with zero attached hydrogens (tertiary/aromatic N) is 1. The lowest BCUT2D eigenvalue weighted by atomic mass is 10.1. The Morgan fingerprint density at radius 3 is 2.74 bits per heavy atom. The molecule has 1 aromatic rings. The van der Waals surface area contributed by atoms with Gasteiger partial charge in [-0.1, -0.05) is 19.1 Å². The number of benzene rings is 1. The van der Waals surface area contributed by atoms with Gasteiger partial charge < -0.3 is 4.74 Å². The van der Waals surface area contributed by atoms with Crippen molar-refractivity contribution in [3.05, 3.63) is 24.3 Å². The van der Waals surface area contributed by atoms with E-state index in [0.717, 1.165) is 0 Å². The van der Waals surface area contributed by atoms with Gasteiger partial charge in [-0.05, 0) is 12.1 Å². The lowest BCUT2D eigenvalue weighted by Gasteiger charge is -2.31. The number of nitrogens with one attached hydrogen (secondary N) is 1. The highest BCUT2D eigenvalue weighted by atomic mass is 19.3. The van der Waals surface area contributed by atoms with Crippen molar-refractivity contribution in [3.8, 4) is 5.75 Å². The summed E-state index contributed by atoms with van der Waals surface area (Å²) in [5, 5.41) is 2.16. The molecule has 2 rings (SSSR count). The van der Waals surface area contributed by atoms with Crippen LogP contribution in [0.3, 0.4) is 0 Å². The van der Waals surface area contributed by atoms with Crippen LogP contribution in [0.5, 0.6) is 5.75 Å². The highest BCUT2D eigenvalue weighted by molar-refractivity contribution is 6.07. The number of hydrogen-bond donors (Lipinski definition) is 1. The van der Waals surface area contributed by atoms with Crippen molar-refractivity contribution < 1.29 is 23.1 Å². The fraction of sp³-hybridized carbons (Fsp3) is 0.333. The Labute approximate surface area is 108 Å². The zero-order chi connectivity index (χ0) is 14.0. The Morgan fingerprint density at radius 2 is 2.05 bits per heavy atom. The van der Waals surface area contributed by atoms with Crippen molar-refractivity contribution in [1.82, 2.24) is 5.32 Å². The Balaban J connectivity index is 2.30. The van der Waals surface area contributed by atoms with Crippen LogP contribution in [0.2, 0.25) is 0 Å². The fourth-order valence-corrected chi connectivity index (χ4v) is 1.82. The third-order valence-corrected chi connectivity index (χ3v) is 2.75. The quantitative estimate of drug-likeness (QED) is 0.913. The number of alkyl halides is 2. The smallest absolute Gasteiger partial charge is 0.387 e. The minimum atomic E-state index is -2.98. The van der Waals surface area contributed by atoms with Gasteiger partial charge in [0.2, 0.25) is 5.91 Å². The molecule has 3 amide bonds. The molecule has 1 fully saturated rings. The van der Waals surface area contributed by atoms with Gasteiger partial charge in [0.15, 0.2) is 0 Å². The summed E-state index contributed by atoms with van der Waals surface area (Å²) < 4.78 is 29.0. The Hall–Kier alpha value is -2.18. The lowest BCUT2D eigenvalue weighted by Crippen LogP contribution is -2.54. The lowest BCUT2D eigenvalue weighted by molar-refractivity contribution is -0.123. The average molecular weight is 270 g/mol. The van der Waals surface area contributed by atoms with Crippen LogP contribution < -0.4 is 15.0 Å². The van der Waals surface area contributed by atoms with Crippen molar-refractivity contribution in [1.29, 1.82) is 0 Å². The van der Waals surface area contributed by atoms with Crippen LogP contribution in [0.15, 0.2) is 24.3 Å². The molecule has 1 saturated heterocycles. The molecule has 0 radical (unpaired) electrons. The molecule has 1 heterocycles. The summed E-state index contributed by atoms with van der Waals surface area (Å²) in [4.78, 5) is 24.3. The van der Waals surface area contributed by atoms with E-state index in [1.807, 2.05) is 0 Å². The molecule has 0 aliphatic carbocycles. The molecular formula is C12H12F2N2O3. The molecule has 1 aromatic carbocycles. The second kappa shape index (κ2) is 5.21. The molecule has 1 atom stereocenters. The first kappa shape index (κ1) is 13.3. The van der Waals surface area contributed by atoms with E-state index in [9.17, 15) is 18.4 Å². The molecule has 0 aromatic heterocycles. The molecule has 0 spiro atoms. The Morgan fingerprint density at radius 1 is 1.37 bits per heavy atom. The van der Waals surface area contributed by atoms with Crippen molar-refractivity contribution >= 4 is 17.6 Å². The first-order chi connectivity index (χ1) is 8.99. The van der Waals surface area contributed by atoms with Gasteiger partial charge >= 0.3 is 12.6 Å². The average Bonchev–Trinajstić information content (AvgIpc) is 2.34. The van der Waals surface area contributed by atoms with Crippen LogP contribution in [0.1, 0.15) is 6.92 Å². The predicted molar refractivity (Wildman–Crippen MR) is 63.1 cm³/mol. The minimum Gasteiger partial charge on any atom is -0.433 e. The van der Waals surface area contributed by atoms with Gasteiger partial charge in [-0.15, -0.1) is 0 Å². The number of imide groups is 1. The van der Waals surface area contributed by atoms with Crippen LogP contribution in [0.25, 0.3) is 0 Å². The van der Waals surface area contributed by atoms with Crippen LogP contribution >= 0.6 is 0 Å². The number of ether oxygens (including phenoxy) is 1. The molecule has 19 heavy (non-hydrogen) atoms. The molecule has 5 nitrogen and oxygen atoms in total. The van der Waals surface area contributed by atoms with E-state index in [0.29, 0.717) is 0 Å². The zero-order valence-corrected chi connectivity index (χ0v) is 10.1. The summed E-state index contributed by atoms with van der Waals surface area (Å²) >= 11 is 0. The second-order valence-corrected chi connectivity index (χ2v) is 4.15. The standard InChI is InChI=1S/C12H12F2N2O3/c1-7-6-16(12(18)15-10(7)17)8-4-2-3-5-9(8)19-11(13)14/h2-5,7,11H,6H2,1H3,(H,15,17,18). The first-order valence-corrected chi connectivity index (χ1v) is 5.65. The number of hydrogen-bond acceptors (Lipinski definition) is 3. The third kappa shape index (κ3) is 2.81. The summed E-state index contributed by atoms with van der Waals surface area (Å²) in [7, 11) is 0. The van der Waals surface area contributed by atoms with E-state index in [1.165, 1.54) is 23.1 Å². The van der Waals surface area contributed by atoms with Gasteiger partial charge in [0, 0.05) is 6.54 Å². The highest BCUT2D eigenvalue weighted by Gasteiger charge is 2.31. The molecule has 7 heteroatoms.